The number of anilines is 1. The Morgan fingerprint density at radius 2 is 2.29 bits per heavy atom. The second-order valence-corrected chi connectivity index (χ2v) is 3.77. The van der Waals surface area contributed by atoms with E-state index in [-0.39, 0.29) is 11.6 Å². The van der Waals surface area contributed by atoms with Crippen LogP contribution in [0.1, 0.15) is 13.8 Å². The average Bonchev–Trinajstić information content (AvgIpc) is 2.42. The predicted octanol–water partition coefficient (Wildman–Crippen LogP) is 1.21. The van der Waals surface area contributed by atoms with Crippen molar-refractivity contribution >= 4 is 11.9 Å². The van der Waals surface area contributed by atoms with Gasteiger partial charge in [-0.2, -0.15) is 0 Å². The Kier molecular flexibility index (Phi) is 1.87. The maximum Gasteiger partial charge on any atom is 0.416 e. The molecule has 2 rings (SSSR count). The van der Waals surface area contributed by atoms with Crippen LogP contribution in [0.5, 0.6) is 0 Å². The summed E-state index contributed by atoms with van der Waals surface area (Å²) in [7, 11) is 0. The van der Waals surface area contributed by atoms with Crippen molar-refractivity contribution in [3.8, 4) is 0 Å². The summed E-state index contributed by atoms with van der Waals surface area (Å²) in [5.41, 5.74) is -0.354. The summed E-state index contributed by atoms with van der Waals surface area (Å²) in [4.78, 5) is 20.9. The van der Waals surface area contributed by atoms with E-state index >= 15 is 0 Å². The van der Waals surface area contributed by atoms with Crippen LogP contribution in [-0.4, -0.2) is 28.2 Å². The van der Waals surface area contributed by atoms with Crippen LogP contribution in [-0.2, 0) is 4.74 Å². The molecule has 74 valence electrons. The van der Waals surface area contributed by atoms with Gasteiger partial charge < -0.3 is 4.74 Å². The van der Waals surface area contributed by atoms with Crippen molar-refractivity contribution in [2.24, 2.45) is 0 Å². The first kappa shape index (κ1) is 8.93. The van der Waals surface area contributed by atoms with Gasteiger partial charge in [-0.25, -0.2) is 9.78 Å². The third kappa shape index (κ3) is 1.30. The van der Waals surface area contributed by atoms with E-state index in [4.69, 9.17) is 4.74 Å². The highest BCUT2D eigenvalue weighted by atomic mass is 16.6. The molecule has 1 aromatic heterocycles. The smallest absolute Gasteiger partial charge is 0.416 e. The quantitative estimate of drug-likeness (QED) is 0.672. The van der Waals surface area contributed by atoms with Crippen LogP contribution < -0.4 is 4.90 Å². The maximum atomic E-state index is 11.4. The van der Waals surface area contributed by atoms with Crippen LogP contribution in [0.15, 0.2) is 18.6 Å². The van der Waals surface area contributed by atoms with Crippen molar-refractivity contribution in [1.29, 1.82) is 0 Å². The number of rotatable bonds is 1. The van der Waals surface area contributed by atoms with Gasteiger partial charge in [-0.1, -0.05) is 0 Å². The van der Waals surface area contributed by atoms with Crippen LogP contribution in [0.2, 0.25) is 0 Å². The third-order valence-corrected chi connectivity index (χ3v) is 2.12. The van der Waals surface area contributed by atoms with Gasteiger partial charge in [0, 0.05) is 12.4 Å². The van der Waals surface area contributed by atoms with E-state index in [9.17, 15) is 4.79 Å². The molecule has 0 atom stereocenters. The van der Waals surface area contributed by atoms with Gasteiger partial charge >= 0.3 is 6.09 Å². The standard InChI is InChI=1S/C9H11N3O2/c1-9(2)6-14-8(13)12(9)7-5-10-3-4-11-7/h3-5H,6H2,1-2H3. The molecule has 5 nitrogen and oxygen atoms in total. The monoisotopic (exact) mass is 193 g/mol. The van der Waals surface area contributed by atoms with Gasteiger partial charge in [0.15, 0.2) is 5.82 Å². The normalized spacial score (nSPS) is 19.6. The molecule has 1 aliphatic rings. The number of aromatic nitrogens is 2. The van der Waals surface area contributed by atoms with Crippen molar-refractivity contribution in [3.63, 3.8) is 0 Å². The summed E-state index contributed by atoms with van der Waals surface area (Å²) < 4.78 is 4.95. The van der Waals surface area contributed by atoms with E-state index in [0.29, 0.717) is 12.4 Å². The number of nitrogens with zero attached hydrogens (tertiary/aromatic N) is 3. The second kappa shape index (κ2) is 2.94. The molecule has 1 amide bonds. The molecule has 0 spiro atoms. The fraction of sp³-hybridized carbons (Fsp3) is 0.444. The molecular weight excluding hydrogens is 182 g/mol. The lowest BCUT2D eigenvalue weighted by molar-refractivity contribution is 0.175. The Morgan fingerprint density at radius 3 is 2.79 bits per heavy atom. The zero-order valence-corrected chi connectivity index (χ0v) is 8.10. The summed E-state index contributed by atoms with van der Waals surface area (Å²) in [5.74, 6) is 0.528. The Hall–Kier alpha value is -1.65. The fourth-order valence-corrected chi connectivity index (χ4v) is 1.42. The number of cyclic esters (lactones) is 1. The van der Waals surface area contributed by atoms with Crippen LogP contribution in [0.3, 0.4) is 0 Å². The average molecular weight is 193 g/mol. The molecule has 1 fully saturated rings. The second-order valence-electron chi connectivity index (χ2n) is 3.77. The Balaban J connectivity index is 2.38. The van der Waals surface area contributed by atoms with Crippen molar-refractivity contribution in [2.75, 3.05) is 11.5 Å². The molecule has 1 aromatic rings. The number of amides is 1. The molecule has 0 aromatic carbocycles. The van der Waals surface area contributed by atoms with Gasteiger partial charge in [-0.05, 0) is 13.8 Å². The predicted molar refractivity (Wildman–Crippen MR) is 49.9 cm³/mol. The SMILES string of the molecule is CC1(C)COC(=O)N1c1cnccn1. The fourth-order valence-electron chi connectivity index (χ4n) is 1.42. The van der Waals surface area contributed by atoms with E-state index in [1.165, 1.54) is 4.90 Å². The van der Waals surface area contributed by atoms with Crippen molar-refractivity contribution in [2.45, 2.75) is 19.4 Å². The minimum absolute atomic E-state index is 0.354. The number of carbonyl (C=O) groups is 1. The first-order valence-electron chi connectivity index (χ1n) is 4.34. The van der Waals surface area contributed by atoms with Gasteiger partial charge in [0.2, 0.25) is 0 Å². The number of hydrogen-bond donors (Lipinski definition) is 0. The molecule has 0 bridgehead atoms. The number of ether oxygens (including phenoxy) is 1. The Bertz CT molecular complexity index is 350. The molecule has 1 saturated heterocycles. The molecule has 0 saturated carbocycles. The minimum atomic E-state index is -0.365. The van der Waals surface area contributed by atoms with Crippen LogP contribution in [0.25, 0.3) is 0 Å². The van der Waals surface area contributed by atoms with E-state index in [0.717, 1.165) is 0 Å². The topological polar surface area (TPSA) is 55.3 Å². The number of carbonyl (C=O) groups excluding carboxylic acids is 1. The first-order valence-corrected chi connectivity index (χ1v) is 4.34. The Morgan fingerprint density at radius 1 is 1.50 bits per heavy atom. The Labute approximate surface area is 81.7 Å². The molecule has 0 aliphatic carbocycles. The van der Waals surface area contributed by atoms with E-state index in [1.54, 1.807) is 18.6 Å². The molecule has 0 N–H and O–H groups in total. The van der Waals surface area contributed by atoms with Gasteiger partial charge in [0.1, 0.15) is 6.61 Å². The molecule has 1 aliphatic heterocycles. The minimum Gasteiger partial charge on any atom is -0.447 e. The highest BCUT2D eigenvalue weighted by molar-refractivity contribution is 5.89. The van der Waals surface area contributed by atoms with Crippen LogP contribution in [0.4, 0.5) is 10.6 Å². The molecule has 5 heteroatoms. The zero-order valence-electron chi connectivity index (χ0n) is 8.10. The zero-order chi connectivity index (χ0) is 10.2. The summed E-state index contributed by atoms with van der Waals surface area (Å²) in [5, 5.41) is 0. The highest BCUT2D eigenvalue weighted by Gasteiger charge is 2.41. The third-order valence-electron chi connectivity index (χ3n) is 2.12. The highest BCUT2D eigenvalue weighted by Crippen LogP contribution is 2.27. The van der Waals surface area contributed by atoms with E-state index in [1.807, 2.05) is 13.8 Å². The first-order chi connectivity index (χ1) is 6.61. The lowest BCUT2D eigenvalue weighted by Crippen LogP contribution is -2.42. The van der Waals surface area contributed by atoms with Crippen LogP contribution >= 0.6 is 0 Å². The van der Waals surface area contributed by atoms with Gasteiger partial charge in [0.25, 0.3) is 0 Å². The van der Waals surface area contributed by atoms with Crippen molar-refractivity contribution < 1.29 is 9.53 Å². The lowest BCUT2D eigenvalue weighted by atomic mass is 10.1. The van der Waals surface area contributed by atoms with E-state index < -0.39 is 0 Å². The van der Waals surface area contributed by atoms with E-state index in [2.05, 4.69) is 9.97 Å². The van der Waals surface area contributed by atoms with Gasteiger partial charge in [-0.3, -0.25) is 9.88 Å². The van der Waals surface area contributed by atoms with Crippen molar-refractivity contribution in [3.05, 3.63) is 18.6 Å². The molecular formula is C9H11N3O2. The number of hydrogen-bond acceptors (Lipinski definition) is 4. The van der Waals surface area contributed by atoms with Crippen molar-refractivity contribution in [1.82, 2.24) is 9.97 Å². The lowest BCUT2D eigenvalue weighted by Gasteiger charge is -2.25. The van der Waals surface area contributed by atoms with Gasteiger partial charge in [-0.15, -0.1) is 0 Å². The summed E-state index contributed by atoms with van der Waals surface area (Å²) in [6, 6.07) is 0. The van der Waals surface area contributed by atoms with Gasteiger partial charge in [0.05, 0.1) is 11.7 Å². The molecule has 0 radical (unpaired) electrons. The summed E-state index contributed by atoms with van der Waals surface area (Å²) >= 11 is 0. The molecule has 0 unspecified atom stereocenters. The summed E-state index contributed by atoms with van der Waals surface area (Å²) in [6.45, 7) is 4.22. The molecule has 14 heavy (non-hydrogen) atoms. The largest absolute Gasteiger partial charge is 0.447 e. The summed E-state index contributed by atoms with van der Waals surface area (Å²) in [6.07, 6.45) is 4.30. The molecule has 2 heterocycles. The maximum absolute atomic E-state index is 11.4. The van der Waals surface area contributed by atoms with Crippen LogP contribution in [0, 0.1) is 0 Å².